The van der Waals surface area contributed by atoms with Crippen molar-refractivity contribution in [1.82, 2.24) is 9.97 Å². The summed E-state index contributed by atoms with van der Waals surface area (Å²) in [5, 5.41) is 0. The monoisotopic (exact) mass is 171 g/mol. The van der Waals surface area contributed by atoms with Crippen molar-refractivity contribution in [3.05, 3.63) is 24.0 Å². The summed E-state index contributed by atoms with van der Waals surface area (Å²) in [6, 6.07) is 0. The molecule has 1 aromatic rings. The molecule has 0 spiro atoms. The molecule has 12 heavy (non-hydrogen) atoms. The Morgan fingerprint density at radius 1 is 1.58 bits per heavy atom. The third kappa shape index (κ3) is 2.49. The lowest BCUT2D eigenvalue weighted by Crippen LogP contribution is -2.13. The molecule has 1 aromatic heterocycles. The standard InChI is InChI=1S/C6H6FN3O2/c7-4-1-9-5(10-2-4)3-12-6(8)11/h1-2H,3H2,(H2,8,11). The smallest absolute Gasteiger partial charge is 0.404 e. The molecule has 0 saturated heterocycles. The molecule has 0 atom stereocenters. The van der Waals surface area contributed by atoms with Crippen LogP contribution in [0.3, 0.4) is 0 Å². The molecule has 0 aromatic carbocycles. The van der Waals surface area contributed by atoms with Gasteiger partial charge in [0.2, 0.25) is 0 Å². The fourth-order valence-corrected chi connectivity index (χ4v) is 0.549. The summed E-state index contributed by atoms with van der Waals surface area (Å²) in [4.78, 5) is 17.2. The summed E-state index contributed by atoms with van der Waals surface area (Å²) in [5.41, 5.74) is 4.68. The van der Waals surface area contributed by atoms with E-state index in [9.17, 15) is 9.18 Å². The second kappa shape index (κ2) is 3.61. The number of amides is 1. The first-order chi connectivity index (χ1) is 5.68. The lowest BCUT2D eigenvalue weighted by Gasteiger charge is -1.98. The zero-order valence-electron chi connectivity index (χ0n) is 6.03. The van der Waals surface area contributed by atoms with E-state index in [4.69, 9.17) is 0 Å². The topological polar surface area (TPSA) is 78.1 Å². The van der Waals surface area contributed by atoms with Gasteiger partial charge in [0.15, 0.2) is 18.2 Å². The van der Waals surface area contributed by atoms with E-state index in [0.717, 1.165) is 12.4 Å². The summed E-state index contributed by atoms with van der Waals surface area (Å²) in [6.07, 6.45) is 1.04. The van der Waals surface area contributed by atoms with Crippen molar-refractivity contribution in [3.63, 3.8) is 0 Å². The van der Waals surface area contributed by atoms with E-state index >= 15 is 0 Å². The number of hydrogen-bond donors (Lipinski definition) is 1. The third-order valence-corrected chi connectivity index (χ3v) is 1.02. The van der Waals surface area contributed by atoms with Crippen LogP contribution in [-0.4, -0.2) is 16.1 Å². The van der Waals surface area contributed by atoms with Gasteiger partial charge in [0.1, 0.15) is 0 Å². The predicted octanol–water partition coefficient (Wildman–Crippen LogP) is 0.211. The zero-order chi connectivity index (χ0) is 8.97. The van der Waals surface area contributed by atoms with Crippen LogP contribution in [0.4, 0.5) is 9.18 Å². The molecule has 1 rings (SSSR count). The number of aromatic nitrogens is 2. The summed E-state index contributed by atoms with van der Waals surface area (Å²) >= 11 is 0. The second-order valence-corrected chi connectivity index (χ2v) is 1.93. The number of nitrogens with zero attached hydrogens (tertiary/aromatic N) is 2. The molecule has 64 valence electrons. The molecule has 2 N–H and O–H groups in total. The van der Waals surface area contributed by atoms with Crippen molar-refractivity contribution in [2.45, 2.75) is 6.61 Å². The third-order valence-electron chi connectivity index (χ3n) is 1.02. The summed E-state index contributed by atoms with van der Waals surface area (Å²) in [5.74, 6) is -0.340. The quantitative estimate of drug-likeness (QED) is 0.689. The number of carbonyl (C=O) groups excluding carboxylic acids is 1. The highest BCUT2D eigenvalue weighted by Gasteiger charge is 1.99. The molecule has 1 heterocycles. The van der Waals surface area contributed by atoms with E-state index in [0.29, 0.717) is 0 Å². The molecular formula is C6H6FN3O2. The van der Waals surface area contributed by atoms with Crippen LogP contribution in [0, 0.1) is 5.82 Å². The fraction of sp³-hybridized carbons (Fsp3) is 0.167. The van der Waals surface area contributed by atoms with Gasteiger partial charge in [0.25, 0.3) is 0 Å². The molecule has 5 nitrogen and oxygen atoms in total. The van der Waals surface area contributed by atoms with Gasteiger partial charge < -0.3 is 10.5 Å². The Morgan fingerprint density at radius 3 is 2.67 bits per heavy atom. The Hall–Kier alpha value is -1.72. The molecule has 0 aliphatic carbocycles. The first kappa shape index (κ1) is 8.38. The number of halogens is 1. The van der Waals surface area contributed by atoms with Gasteiger partial charge in [-0.15, -0.1) is 0 Å². The van der Waals surface area contributed by atoms with Gasteiger partial charge >= 0.3 is 6.09 Å². The number of ether oxygens (including phenoxy) is 1. The van der Waals surface area contributed by atoms with Gasteiger partial charge in [-0.05, 0) is 0 Å². The van der Waals surface area contributed by atoms with E-state index in [1.165, 1.54) is 0 Å². The maximum atomic E-state index is 12.2. The number of primary amides is 1. The van der Waals surface area contributed by atoms with Gasteiger partial charge in [-0.3, -0.25) is 0 Å². The van der Waals surface area contributed by atoms with Crippen LogP contribution in [-0.2, 0) is 11.3 Å². The molecule has 6 heteroatoms. The van der Waals surface area contributed by atoms with E-state index in [1.54, 1.807) is 0 Å². The van der Waals surface area contributed by atoms with E-state index in [1.807, 2.05) is 0 Å². The average Bonchev–Trinajstić information content (AvgIpc) is 2.03. The Kier molecular flexibility index (Phi) is 2.52. The van der Waals surface area contributed by atoms with Crippen LogP contribution < -0.4 is 5.73 Å². The first-order valence-electron chi connectivity index (χ1n) is 3.07. The fourth-order valence-electron chi connectivity index (χ4n) is 0.549. The van der Waals surface area contributed by atoms with Crippen LogP contribution in [0.2, 0.25) is 0 Å². The van der Waals surface area contributed by atoms with Crippen LogP contribution in [0.5, 0.6) is 0 Å². The number of nitrogens with two attached hydrogens (primary N) is 1. The maximum absolute atomic E-state index is 12.2. The Balaban J connectivity index is 2.53. The highest BCUT2D eigenvalue weighted by Crippen LogP contribution is 1.94. The molecule has 0 aliphatic rings. The average molecular weight is 171 g/mol. The maximum Gasteiger partial charge on any atom is 0.404 e. The minimum atomic E-state index is -0.914. The highest BCUT2D eigenvalue weighted by molar-refractivity contribution is 5.64. The molecule has 0 radical (unpaired) electrons. The highest BCUT2D eigenvalue weighted by atomic mass is 19.1. The molecule has 0 saturated carbocycles. The minimum absolute atomic E-state index is 0.143. The lowest BCUT2D eigenvalue weighted by atomic mass is 10.6. The molecule has 0 aliphatic heterocycles. The van der Waals surface area contributed by atoms with Crippen molar-refractivity contribution in [2.75, 3.05) is 0 Å². The van der Waals surface area contributed by atoms with Crippen LogP contribution in [0.1, 0.15) is 5.82 Å². The summed E-state index contributed by atoms with van der Waals surface area (Å²) in [7, 11) is 0. The molecule has 1 amide bonds. The lowest BCUT2D eigenvalue weighted by molar-refractivity contribution is 0.147. The molecular weight excluding hydrogens is 165 g/mol. The Morgan fingerprint density at radius 2 is 2.17 bits per heavy atom. The first-order valence-corrected chi connectivity index (χ1v) is 3.07. The molecule has 0 bridgehead atoms. The predicted molar refractivity (Wildman–Crippen MR) is 36.4 cm³/mol. The van der Waals surface area contributed by atoms with Gasteiger partial charge in [-0.1, -0.05) is 0 Å². The van der Waals surface area contributed by atoms with Crippen molar-refractivity contribution >= 4 is 6.09 Å². The van der Waals surface area contributed by atoms with Crippen molar-refractivity contribution in [1.29, 1.82) is 0 Å². The van der Waals surface area contributed by atoms with E-state index < -0.39 is 11.9 Å². The minimum Gasteiger partial charge on any atom is -0.441 e. The van der Waals surface area contributed by atoms with Gasteiger partial charge in [0, 0.05) is 0 Å². The van der Waals surface area contributed by atoms with E-state index in [-0.39, 0.29) is 12.4 Å². The summed E-state index contributed by atoms with van der Waals surface area (Å²) in [6.45, 7) is -0.143. The number of carbonyl (C=O) groups is 1. The number of rotatable bonds is 2. The largest absolute Gasteiger partial charge is 0.441 e. The van der Waals surface area contributed by atoms with E-state index in [2.05, 4.69) is 20.4 Å². The number of hydrogen-bond acceptors (Lipinski definition) is 4. The van der Waals surface area contributed by atoms with Crippen LogP contribution in [0.25, 0.3) is 0 Å². The summed E-state index contributed by atoms with van der Waals surface area (Å²) < 4.78 is 16.6. The molecule has 0 unspecified atom stereocenters. The van der Waals surface area contributed by atoms with Crippen LogP contribution in [0.15, 0.2) is 12.4 Å². The van der Waals surface area contributed by atoms with Crippen molar-refractivity contribution < 1.29 is 13.9 Å². The van der Waals surface area contributed by atoms with Gasteiger partial charge in [-0.25, -0.2) is 19.2 Å². The SMILES string of the molecule is NC(=O)OCc1ncc(F)cn1. The van der Waals surface area contributed by atoms with Gasteiger partial charge in [0.05, 0.1) is 12.4 Å². The molecule has 0 fully saturated rings. The van der Waals surface area contributed by atoms with Crippen molar-refractivity contribution in [2.24, 2.45) is 5.73 Å². The van der Waals surface area contributed by atoms with Gasteiger partial charge in [-0.2, -0.15) is 0 Å². The van der Waals surface area contributed by atoms with Crippen LogP contribution >= 0.6 is 0 Å². The Bertz CT molecular complexity index is 275. The Labute approximate surface area is 67.4 Å². The normalized spacial score (nSPS) is 9.42. The second-order valence-electron chi connectivity index (χ2n) is 1.93. The van der Waals surface area contributed by atoms with Crippen molar-refractivity contribution in [3.8, 4) is 0 Å². The zero-order valence-corrected chi connectivity index (χ0v) is 6.03.